The largest absolute Gasteiger partial charge is 0.481 e. The van der Waals surface area contributed by atoms with Crippen molar-refractivity contribution in [2.75, 3.05) is 13.1 Å². The summed E-state index contributed by atoms with van der Waals surface area (Å²) in [6, 6.07) is 3.51. The van der Waals surface area contributed by atoms with Crippen LogP contribution in [0, 0.1) is 0 Å². The third-order valence-electron chi connectivity index (χ3n) is 2.24. The molecule has 0 aliphatic carbocycles. The quantitative estimate of drug-likeness (QED) is 0.706. The van der Waals surface area contributed by atoms with Gasteiger partial charge in [0.15, 0.2) is 0 Å². The van der Waals surface area contributed by atoms with Crippen molar-refractivity contribution in [3.8, 4) is 0 Å². The fourth-order valence-corrected chi connectivity index (χ4v) is 1.40. The number of hydrogen-bond acceptors (Lipinski definition) is 4. The summed E-state index contributed by atoms with van der Waals surface area (Å²) < 4.78 is 5.14. The molecule has 0 atom stereocenters. The van der Waals surface area contributed by atoms with Gasteiger partial charge in [0.1, 0.15) is 5.76 Å². The molecule has 0 aromatic carbocycles. The highest BCUT2D eigenvalue weighted by atomic mass is 16.4. The Kier molecular flexibility index (Phi) is 5.22. The Labute approximate surface area is 98.5 Å². The second kappa shape index (κ2) is 6.70. The molecule has 2 N–H and O–H groups in total. The number of rotatable bonds is 8. The zero-order valence-corrected chi connectivity index (χ0v) is 9.33. The van der Waals surface area contributed by atoms with Gasteiger partial charge in [-0.15, -0.1) is 0 Å². The first-order valence-electron chi connectivity index (χ1n) is 5.26. The minimum atomic E-state index is -0.898. The van der Waals surface area contributed by atoms with Crippen molar-refractivity contribution in [3.05, 3.63) is 24.2 Å². The normalized spacial score (nSPS) is 10.6. The van der Waals surface area contributed by atoms with E-state index < -0.39 is 11.9 Å². The minimum absolute atomic E-state index is 0.0136. The molecule has 1 aromatic rings. The van der Waals surface area contributed by atoms with Gasteiger partial charge in [0.2, 0.25) is 0 Å². The third-order valence-corrected chi connectivity index (χ3v) is 2.24. The Morgan fingerprint density at radius 2 is 1.76 bits per heavy atom. The number of carbonyl (C=O) groups is 2. The highest BCUT2D eigenvalue weighted by Crippen LogP contribution is 2.06. The van der Waals surface area contributed by atoms with Crippen molar-refractivity contribution >= 4 is 11.9 Å². The van der Waals surface area contributed by atoms with Crippen LogP contribution in [0.1, 0.15) is 18.6 Å². The van der Waals surface area contributed by atoms with Crippen molar-refractivity contribution < 1.29 is 24.2 Å². The van der Waals surface area contributed by atoms with Crippen LogP contribution in [0.4, 0.5) is 0 Å². The van der Waals surface area contributed by atoms with Gasteiger partial charge in [-0.2, -0.15) is 0 Å². The maximum absolute atomic E-state index is 10.5. The SMILES string of the molecule is O=C(O)CCN(CCC(=O)O)Cc1ccco1. The molecule has 0 aliphatic heterocycles. The van der Waals surface area contributed by atoms with Gasteiger partial charge in [-0.1, -0.05) is 0 Å². The predicted octanol–water partition coefficient (Wildman–Crippen LogP) is 1.03. The topological polar surface area (TPSA) is 91.0 Å². The van der Waals surface area contributed by atoms with Crippen LogP contribution in [0.3, 0.4) is 0 Å². The summed E-state index contributed by atoms with van der Waals surface area (Å²) in [4.78, 5) is 22.7. The average Bonchev–Trinajstić information content (AvgIpc) is 2.74. The van der Waals surface area contributed by atoms with Crippen molar-refractivity contribution in [1.82, 2.24) is 4.90 Å². The zero-order chi connectivity index (χ0) is 12.7. The number of aliphatic carboxylic acids is 2. The van der Waals surface area contributed by atoms with Crippen LogP contribution < -0.4 is 0 Å². The van der Waals surface area contributed by atoms with Crippen molar-refractivity contribution in [2.24, 2.45) is 0 Å². The van der Waals surface area contributed by atoms with E-state index >= 15 is 0 Å². The average molecular weight is 241 g/mol. The van der Waals surface area contributed by atoms with Gasteiger partial charge >= 0.3 is 11.9 Å². The third kappa shape index (κ3) is 5.72. The fourth-order valence-electron chi connectivity index (χ4n) is 1.40. The first-order valence-corrected chi connectivity index (χ1v) is 5.26. The molecule has 1 heterocycles. The van der Waals surface area contributed by atoms with Crippen molar-refractivity contribution in [3.63, 3.8) is 0 Å². The van der Waals surface area contributed by atoms with E-state index in [1.165, 1.54) is 6.26 Å². The fraction of sp³-hybridized carbons (Fsp3) is 0.455. The molecule has 0 amide bonds. The number of carboxylic acid groups (broad SMARTS) is 2. The van der Waals surface area contributed by atoms with Gasteiger partial charge in [0.05, 0.1) is 25.6 Å². The molecule has 0 radical (unpaired) electrons. The summed E-state index contributed by atoms with van der Waals surface area (Å²) in [5.74, 6) is -1.10. The van der Waals surface area contributed by atoms with Crippen molar-refractivity contribution in [2.45, 2.75) is 19.4 Å². The van der Waals surface area contributed by atoms with Gasteiger partial charge in [-0.25, -0.2) is 0 Å². The molecule has 17 heavy (non-hydrogen) atoms. The van der Waals surface area contributed by atoms with E-state index in [0.29, 0.717) is 25.4 Å². The molecule has 0 aliphatic rings. The van der Waals surface area contributed by atoms with Gasteiger partial charge in [-0.05, 0) is 12.1 Å². The lowest BCUT2D eigenvalue weighted by molar-refractivity contribution is -0.137. The lowest BCUT2D eigenvalue weighted by Crippen LogP contribution is -2.28. The lowest BCUT2D eigenvalue weighted by atomic mass is 10.3. The van der Waals surface area contributed by atoms with E-state index in [1.54, 1.807) is 17.0 Å². The highest BCUT2D eigenvalue weighted by molar-refractivity contribution is 5.67. The maximum atomic E-state index is 10.5. The van der Waals surface area contributed by atoms with E-state index in [9.17, 15) is 9.59 Å². The van der Waals surface area contributed by atoms with E-state index in [4.69, 9.17) is 14.6 Å². The van der Waals surface area contributed by atoms with Crippen LogP contribution in [0.15, 0.2) is 22.8 Å². The molecule has 1 rings (SSSR count). The number of nitrogens with zero attached hydrogens (tertiary/aromatic N) is 1. The molecular weight excluding hydrogens is 226 g/mol. The highest BCUT2D eigenvalue weighted by Gasteiger charge is 2.11. The van der Waals surface area contributed by atoms with Crippen LogP contribution in [0.25, 0.3) is 0 Å². The zero-order valence-electron chi connectivity index (χ0n) is 9.33. The monoisotopic (exact) mass is 241 g/mol. The molecule has 6 nitrogen and oxygen atoms in total. The van der Waals surface area contributed by atoms with E-state index in [1.807, 2.05) is 0 Å². The molecule has 0 saturated carbocycles. The van der Waals surface area contributed by atoms with Crippen LogP contribution >= 0.6 is 0 Å². The second-order valence-electron chi connectivity index (χ2n) is 3.64. The number of furan rings is 1. The molecular formula is C11H15NO5. The molecule has 0 saturated heterocycles. The Bertz CT molecular complexity index is 342. The van der Waals surface area contributed by atoms with Crippen LogP contribution in [-0.2, 0) is 16.1 Å². The van der Waals surface area contributed by atoms with Gasteiger partial charge in [0, 0.05) is 13.1 Å². The lowest BCUT2D eigenvalue weighted by Gasteiger charge is -2.19. The van der Waals surface area contributed by atoms with Gasteiger partial charge in [0.25, 0.3) is 0 Å². The molecule has 94 valence electrons. The first kappa shape index (κ1) is 13.2. The number of carboxylic acids is 2. The Hall–Kier alpha value is -1.82. The van der Waals surface area contributed by atoms with E-state index in [2.05, 4.69) is 0 Å². The smallest absolute Gasteiger partial charge is 0.304 e. The van der Waals surface area contributed by atoms with Crippen LogP contribution in [0.5, 0.6) is 0 Å². The standard InChI is InChI=1S/C11H15NO5/c13-10(14)3-5-12(6-4-11(15)16)8-9-2-1-7-17-9/h1-2,7H,3-6,8H2,(H,13,14)(H,15,16). The molecule has 0 spiro atoms. The summed E-state index contributed by atoms with van der Waals surface area (Å²) in [5.41, 5.74) is 0. The molecule has 0 bridgehead atoms. The Morgan fingerprint density at radius 1 is 1.18 bits per heavy atom. The summed E-state index contributed by atoms with van der Waals surface area (Å²) in [7, 11) is 0. The van der Waals surface area contributed by atoms with E-state index in [-0.39, 0.29) is 12.8 Å². The summed E-state index contributed by atoms with van der Waals surface area (Å²) in [6.45, 7) is 1.04. The molecule has 0 unspecified atom stereocenters. The second-order valence-corrected chi connectivity index (χ2v) is 3.64. The van der Waals surface area contributed by atoms with Gasteiger partial charge < -0.3 is 14.6 Å². The molecule has 0 fully saturated rings. The summed E-state index contributed by atoms with van der Waals surface area (Å²) in [5, 5.41) is 17.2. The summed E-state index contributed by atoms with van der Waals surface area (Å²) >= 11 is 0. The Balaban J connectivity index is 2.45. The van der Waals surface area contributed by atoms with Crippen molar-refractivity contribution in [1.29, 1.82) is 0 Å². The summed E-state index contributed by atoms with van der Waals surface area (Å²) in [6.07, 6.45) is 1.50. The van der Waals surface area contributed by atoms with Crippen LogP contribution in [-0.4, -0.2) is 40.1 Å². The minimum Gasteiger partial charge on any atom is -0.481 e. The van der Waals surface area contributed by atoms with Gasteiger partial charge in [-0.3, -0.25) is 14.5 Å². The Morgan fingerprint density at radius 3 is 2.18 bits per heavy atom. The van der Waals surface area contributed by atoms with E-state index in [0.717, 1.165) is 0 Å². The first-order chi connectivity index (χ1) is 8.08. The van der Waals surface area contributed by atoms with Crippen LogP contribution in [0.2, 0.25) is 0 Å². The molecule has 6 heteroatoms. The maximum Gasteiger partial charge on any atom is 0.304 e. The number of hydrogen-bond donors (Lipinski definition) is 2. The molecule has 1 aromatic heterocycles. The predicted molar refractivity (Wildman–Crippen MR) is 58.5 cm³/mol.